The average Bonchev–Trinajstić information content (AvgIpc) is 3.22. The van der Waals surface area contributed by atoms with Crippen LogP contribution in [0.25, 0.3) is 0 Å². The SMILES string of the molecule is CCOc1ccc(C(C2Sc3nc(C)nn3C2=O)N2CCC(O)CC2)cc1OC. The van der Waals surface area contributed by atoms with E-state index in [-0.39, 0.29) is 23.3 Å². The van der Waals surface area contributed by atoms with Crippen molar-refractivity contribution in [3.63, 3.8) is 0 Å². The van der Waals surface area contributed by atoms with Crippen LogP contribution in [-0.4, -0.2) is 68.8 Å². The molecule has 0 bridgehead atoms. The second-order valence-electron chi connectivity index (χ2n) is 7.29. The van der Waals surface area contributed by atoms with Gasteiger partial charge in [-0.15, -0.1) is 5.10 Å². The predicted molar refractivity (Wildman–Crippen MR) is 109 cm³/mol. The number of aromatic nitrogens is 3. The molecule has 2 aromatic rings. The number of hydrogen-bond donors (Lipinski definition) is 1. The minimum Gasteiger partial charge on any atom is -0.493 e. The summed E-state index contributed by atoms with van der Waals surface area (Å²) in [4.78, 5) is 19.8. The number of benzene rings is 1. The van der Waals surface area contributed by atoms with Crippen LogP contribution in [-0.2, 0) is 0 Å². The predicted octanol–water partition coefficient (Wildman–Crippen LogP) is 2.31. The molecule has 2 atom stereocenters. The van der Waals surface area contributed by atoms with E-state index in [0.29, 0.717) is 41.9 Å². The number of thioether (sulfide) groups is 1. The molecule has 8 nitrogen and oxygen atoms in total. The quantitative estimate of drug-likeness (QED) is 0.764. The highest BCUT2D eigenvalue weighted by Gasteiger charge is 2.43. The molecule has 2 unspecified atom stereocenters. The smallest absolute Gasteiger partial charge is 0.264 e. The van der Waals surface area contributed by atoms with Gasteiger partial charge < -0.3 is 14.6 Å². The summed E-state index contributed by atoms with van der Waals surface area (Å²) in [7, 11) is 1.62. The minimum atomic E-state index is -0.358. The number of carbonyl (C=O) groups excluding carboxylic acids is 1. The summed E-state index contributed by atoms with van der Waals surface area (Å²) in [6, 6.07) is 5.67. The van der Waals surface area contributed by atoms with Crippen molar-refractivity contribution in [2.45, 2.75) is 49.2 Å². The molecule has 9 heteroatoms. The number of aryl methyl sites for hydroxylation is 1. The van der Waals surface area contributed by atoms with E-state index < -0.39 is 0 Å². The summed E-state index contributed by atoms with van der Waals surface area (Å²) < 4.78 is 12.6. The number of aliphatic hydroxyl groups is 1. The molecule has 0 aliphatic carbocycles. The summed E-state index contributed by atoms with van der Waals surface area (Å²) in [5, 5.41) is 14.5. The lowest BCUT2D eigenvalue weighted by Gasteiger charge is -2.38. The van der Waals surface area contributed by atoms with E-state index in [0.717, 1.165) is 18.7 Å². The third-order valence-electron chi connectivity index (χ3n) is 5.38. The Labute approximate surface area is 174 Å². The Bertz CT molecular complexity index is 895. The number of piperidine rings is 1. The van der Waals surface area contributed by atoms with Gasteiger partial charge >= 0.3 is 0 Å². The summed E-state index contributed by atoms with van der Waals surface area (Å²) in [5.41, 5.74) is 0.981. The van der Waals surface area contributed by atoms with Crippen LogP contribution in [0.3, 0.4) is 0 Å². The molecule has 1 N–H and O–H groups in total. The first-order valence-electron chi connectivity index (χ1n) is 9.89. The van der Waals surface area contributed by atoms with E-state index in [1.807, 2.05) is 25.1 Å². The van der Waals surface area contributed by atoms with Crippen molar-refractivity contribution in [2.24, 2.45) is 0 Å². The molecule has 0 radical (unpaired) electrons. The molecule has 2 aliphatic rings. The zero-order valence-electron chi connectivity index (χ0n) is 16.9. The second kappa shape index (κ2) is 8.33. The summed E-state index contributed by atoms with van der Waals surface area (Å²) in [6.45, 7) is 5.71. The standard InChI is InChI=1S/C20H26N4O4S/c1-4-28-15-6-5-13(11-16(15)27-3)17(23-9-7-14(25)8-10-23)18-19(26)24-20(29-18)21-12(2)22-24/h5-6,11,14,17-18,25H,4,7-10H2,1-3H3. The zero-order valence-corrected chi connectivity index (χ0v) is 17.7. The van der Waals surface area contributed by atoms with Crippen molar-refractivity contribution in [1.82, 2.24) is 19.7 Å². The number of aliphatic hydroxyl groups excluding tert-OH is 1. The molecule has 156 valence electrons. The maximum atomic E-state index is 13.2. The highest BCUT2D eigenvalue weighted by Crippen LogP contribution is 2.43. The zero-order chi connectivity index (χ0) is 20.5. The molecule has 1 aromatic heterocycles. The van der Waals surface area contributed by atoms with Crippen molar-refractivity contribution in [3.8, 4) is 11.5 Å². The van der Waals surface area contributed by atoms with Crippen molar-refractivity contribution in [3.05, 3.63) is 29.6 Å². The molecule has 4 rings (SSSR count). The Kier molecular flexibility index (Phi) is 5.80. The fraction of sp³-hybridized carbons (Fsp3) is 0.550. The average molecular weight is 419 g/mol. The van der Waals surface area contributed by atoms with E-state index >= 15 is 0 Å². The van der Waals surface area contributed by atoms with Crippen molar-refractivity contribution in [1.29, 1.82) is 0 Å². The molecule has 2 aliphatic heterocycles. The van der Waals surface area contributed by atoms with Crippen LogP contribution in [0.2, 0.25) is 0 Å². The van der Waals surface area contributed by atoms with Crippen LogP contribution < -0.4 is 9.47 Å². The Morgan fingerprint density at radius 2 is 2.07 bits per heavy atom. The van der Waals surface area contributed by atoms with Crippen molar-refractivity contribution < 1.29 is 19.4 Å². The molecule has 29 heavy (non-hydrogen) atoms. The fourth-order valence-electron chi connectivity index (χ4n) is 3.98. The van der Waals surface area contributed by atoms with Crippen LogP contribution in [0, 0.1) is 6.92 Å². The number of likely N-dealkylation sites (tertiary alicyclic amines) is 1. The summed E-state index contributed by atoms with van der Waals surface area (Å²) in [6.07, 6.45) is 1.10. The number of ether oxygens (including phenoxy) is 2. The third-order valence-corrected chi connectivity index (χ3v) is 6.56. The molecular formula is C20H26N4O4S. The topological polar surface area (TPSA) is 89.7 Å². The number of fused-ring (bicyclic) bond motifs is 1. The van der Waals surface area contributed by atoms with Gasteiger partial charge in [0.2, 0.25) is 0 Å². The number of hydrogen-bond acceptors (Lipinski definition) is 8. The van der Waals surface area contributed by atoms with Crippen LogP contribution in [0.1, 0.15) is 42.0 Å². The minimum absolute atomic E-state index is 0.0606. The Morgan fingerprint density at radius 1 is 1.31 bits per heavy atom. The number of carbonyl (C=O) groups is 1. The van der Waals surface area contributed by atoms with Gasteiger partial charge in [-0.25, -0.2) is 4.98 Å². The van der Waals surface area contributed by atoms with Gasteiger partial charge in [-0.05, 0) is 44.4 Å². The monoisotopic (exact) mass is 418 g/mol. The first-order valence-corrected chi connectivity index (χ1v) is 10.8. The maximum absolute atomic E-state index is 13.2. The molecular weight excluding hydrogens is 392 g/mol. The van der Waals surface area contributed by atoms with Crippen LogP contribution in [0.4, 0.5) is 0 Å². The van der Waals surface area contributed by atoms with Gasteiger partial charge in [-0.2, -0.15) is 4.68 Å². The van der Waals surface area contributed by atoms with Crippen LogP contribution in [0.5, 0.6) is 11.5 Å². The van der Waals surface area contributed by atoms with E-state index in [4.69, 9.17) is 9.47 Å². The largest absolute Gasteiger partial charge is 0.493 e. The summed E-state index contributed by atoms with van der Waals surface area (Å²) in [5.74, 6) is 1.87. The molecule has 1 fully saturated rings. The highest BCUT2D eigenvalue weighted by atomic mass is 32.2. The van der Waals surface area contributed by atoms with Crippen LogP contribution >= 0.6 is 11.8 Å². The van der Waals surface area contributed by atoms with Crippen molar-refractivity contribution >= 4 is 17.7 Å². The molecule has 3 heterocycles. The lowest BCUT2D eigenvalue weighted by molar-refractivity contribution is 0.0551. The van der Waals surface area contributed by atoms with Gasteiger partial charge in [-0.3, -0.25) is 9.69 Å². The maximum Gasteiger partial charge on any atom is 0.264 e. The van der Waals surface area contributed by atoms with Gasteiger partial charge in [-0.1, -0.05) is 17.8 Å². The summed E-state index contributed by atoms with van der Waals surface area (Å²) >= 11 is 1.45. The van der Waals surface area contributed by atoms with Gasteiger partial charge in [0, 0.05) is 13.1 Å². The van der Waals surface area contributed by atoms with Crippen LogP contribution in [0.15, 0.2) is 23.4 Å². The number of nitrogens with zero attached hydrogens (tertiary/aromatic N) is 4. The molecule has 1 aromatic carbocycles. The Morgan fingerprint density at radius 3 is 2.72 bits per heavy atom. The van der Waals surface area contributed by atoms with Crippen molar-refractivity contribution in [2.75, 3.05) is 26.8 Å². The van der Waals surface area contributed by atoms with Gasteiger partial charge in [0.15, 0.2) is 16.7 Å². The number of methoxy groups -OCH3 is 1. The fourth-order valence-corrected chi connectivity index (χ4v) is 5.28. The van der Waals surface area contributed by atoms with E-state index in [9.17, 15) is 9.90 Å². The first-order chi connectivity index (χ1) is 14.0. The first kappa shape index (κ1) is 20.2. The van der Waals surface area contributed by atoms with Gasteiger partial charge in [0.05, 0.1) is 25.9 Å². The van der Waals surface area contributed by atoms with E-state index in [1.165, 1.54) is 16.4 Å². The molecule has 1 saturated heterocycles. The number of rotatable bonds is 6. The Hall–Kier alpha value is -2.10. The van der Waals surface area contributed by atoms with Gasteiger partial charge in [0.25, 0.3) is 5.91 Å². The lowest BCUT2D eigenvalue weighted by atomic mass is 9.97. The molecule has 0 amide bonds. The van der Waals surface area contributed by atoms with Gasteiger partial charge in [0.1, 0.15) is 11.1 Å². The Balaban J connectivity index is 1.70. The molecule has 0 spiro atoms. The normalized spacial score (nSPS) is 21.2. The highest BCUT2D eigenvalue weighted by molar-refractivity contribution is 8.00. The van der Waals surface area contributed by atoms with E-state index in [2.05, 4.69) is 15.0 Å². The third kappa shape index (κ3) is 3.86. The molecule has 0 saturated carbocycles. The lowest BCUT2D eigenvalue weighted by Crippen LogP contribution is -2.44. The second-order valence-corrected chi connectivity index (χ2v) is 8.39. The van der Waals surface area contributed by atoms with E-state index in [1.54, 1.807) is 14.0 Å².